The molecule has 6 heteroatoms. The molecule has 134 valence electrons. The lowest BCUT2D eigenvalue weighted by atomic mass is 10.2. The number of esters is 3. The molecule has 0 aliphatic heterocycles. The van der Waals surface area contributed by atoms with Gasteiger partial charge in [-0.1, -0.05) is 42.5 Å². The summed E-state index contributed by atoms with van der Waals surface area (Å²) >= 11 is 0. The molecule has 0 fully saturated rings. The van der Waals surface area contributed by atoms with Crippen molar-refractivity contribution in [3.63, 3.8) is 0 Å². The summed E-state index contributed by atoms with van der Waals surface area (Å²) in [5.41, 5.74) is 0.906. The van der Waals surface area contributed by atoms with Crippen molar-refractivity contribution < 1.29 is 28.6 Å². The van der Waals surface area contributed by atoms with Gasteiger partial charge in [0.15, 0.2) is 6.61 Å². The highest BCUT2D eigenvalue weighted by Gasteiger charge is 2.17. The molecule has 0 aliphatic carbocycles. The van der Waals surface area contributed by atoms with Crippen LogP contribution in [0.3, 0.4) is 0 Å². The third kappa shape index (κ3) is 6.24. The summed E-state index contributed by atoms with van der Waals surface area (Å²) in [6.07, 6.45) is -0.346. The Hall–Kier alpha value is -3.41. The van der Waals surface area contributed by atoms with E-state index in [2.05, 4.69) is 6.58 Å². The summed E-state index contributed by atoms with van der Waals surface area (Å²) in [5, 5.41) is 0. The summed E-state index contributed by atoms with van der Waals surface area (Å²) in [4.78, 5) is 35.2. The Morgan fingerprint density at radius 2 is 1.42 bits per heavy atom. The van der Waals surface area contributed by atoms with Crippen LogP contribution in [0, 0.1) is 6.92 Å². The second-order valence-electron chi connectivity index (χ2n) is 5.43. The van der Waals surface area contributed by atoms with Crippen LogP contribution in [0.1, 0.15) is 12.0 Å². The van der Waals surface area contributed by atoms with Crippen LogP contribution in [0.15, 0.2) is 66.7 Å². The van der Waals surface area contributed by atoms with Gasteiger partial charge in [-0.2, -0.15) is 0 Å². The number of benzene rings is 2. The van der Waals surface area contributed by atoms with Crippen molar-refractivity contribution in [2.24, 2.45) is 0 Å². The van der Waals surface area contributed by atoms with Gasteiger partial charge in [0.05, 0.1) is 6.42 Å². The normalized spacial score (nSPS) is 9.88. The molecule has 0 bridgehead atoms. The number of para-hydroxylation sites is 1. The largest absolute Gasteiger partial charge is 0.450 e. The van der Waals surface area contributed by atoms with E-state index in [1.54, 1.807) is 54.6 Å². The molecule has 2 aromatic rings. The highest BCUT2D eigenvalue weighted by molar-refractivity contribution is 5.94. The van der Waals surface area contributed by atoms with Crippen LogP contribution in [-0.4, -0.2) is 24.5 Å². The molecule has 26 heavy (non-hydrogen) atoms. The first-order valence-corrected chi connectivity index (χ1v) is 7.82. The summed E-state index contributed by atoms with van der Waals surface area (Å²) in [6.45, 7) is 4.80. The summed E-state index contributed by atoms with van der Waals surface area (Å²) in [6, 6.07) is 15.3. The van der Waals surface area contributed by atoms with E-state index in [1.165, 1.54) is 0 Å². The maximum absolute atomic E-state index is 11.8. The van der Waals surface area contributed by atoms with Crippen molar-refractivity contribution in [3.8, 4) is 11.5 Å². The number of rotatable bonds is 7. The van der Waals surface area contributed by atoms with Gasteiger partial charge in [-0.15, -0.1) is 0 Å². The molecule has 0 saturated heterocycles. The van der Waals surface area contributed by atoms with Crippen LogP contribution in [0.4, 0.5) is 0 Å². The molecule has 0 aromatic heterocycles. The van der Waals surface area contributed by atoms with Crippen LogP contribution >= 0.6 is 0 Å². The Balaban J connectivity index is 1.74. The van der Waals surface area contributed by atoms with Gasteiger partial charge in [-0.05, 0) is 31.2 Å². The first kappa shape index (κ1) is 18.9. The highest BCUT2D eigenvalue weighted by Crippen LogP contribution is 2.13. The molecule has 2 aromatic carbocycles. The minimum atomic E-state index is -0.865. The topological polar surface area (TPSA) is 78.9 Å². The Labute approximate surface area is 151 Å². The predicted octanol–water partition coefficient (Wildman–Crippen LogP) is 3.00. The van der Waals surface area contributed by atoms with E-state index in [-0.39, 0.29) is 12.0 Å². The van der Waals surface area contributed by atoms with Gasteiger partial charge in [-0.25, -0.2) is 9.59 Å². The number of aryl methyl sites for hydroxylation is 1. The minimum Gasteiger partial charge on any atom is -0.450 e. The van der Waals surface area contributed by atoms with Gasteiger partial charge in [0, 0.05) is 5.57 Å². The van der Waals surface area contributed by atoms with Crippen LogP contribution in [0.5, 0.6) is 11.5 Å². The highest BCUT2D eigenvalue weighted by atomic mass is 16.6. The molecule has 0 unspecified atom stereocenters. The Kier molecular flexibility index (Phi) is 6.68. The molecular weight excluding hydrogens is 336 g/mol. The van der Waals surface area contributed by atoms with Crippen LogP contribution in [0.25, 0.3) is 0 Å². The monoisotopic (exact) mass is 354 g/mol. The van der Waals surface area contributed by atoms with Gasteiger partial charge in [0.25, 0.3) is 0 Å². The lowest BCUT2D eigenvalue weighted by Gasteiger charge is -2.08. The zero-order valence-corrected chi connectivity index (χ0v) is 14.3. The van der Waals surface area contributed by atoms with E-state index in [4.69, 9.17) is 14.2 Å². The molecule has 0 amide bonds. The predicted molar refractivity (Wildman–Crippen MR) is 93.6 cm³/mol. The average molecular weight is 354 g/mol. The van der Waals surface area contributed by atoms with E-state index >= 15 is 0 Å². The zero-order chi connectivity index (χ0) is 18.9. The molecule has 6 nitrogen and oxygen atoms in total. The number of carbonyl (C=O) groups is 3. The van der Waals surface area contributed by atoms with E-state index in [1.807, 2.05) is 6.92 Å². The second-order valence-corrected chi connectivity index (χ2v) is 5.43. The zero-order valence-electron chi connectivity index (χ0n) is 14.3. The molecular formula is C20H18O6. The SMILES string of the molecule is C=C(CC(=O)Oc1ccccc1)C(=O)OCC(=O)Oc1ccc(C)cc1. The molecule has 0 atom stereocenters. The van der Waals surface area contributed by atoms with Crippen molar-refractivity contribution >= 4 is 17.9 Å². The van der Waals surface area contributed by atoms with Crippen molar-refractivity contribution in [2.75, 3.05) is 6.61 Å². The number of hydrogen-bond acceptors (Lipinski definition) is 6. The smallest absolute Gasteiger partial charge is 0.349 e. The van der Waals surface area contributed by atoms with Crippen molar-refractivity contribution in [1.82, 2.24) is 0 Å². The van der Waals surface area contributed by atoms with E-state index < -0.39 is 24.5 Å². The first-order valence-electron chi connectivity index (χ1n) is 7.82. The quantitative estimate of drug-likeness (QED) is 0.432. The summed E-state index contributed by atoms with van der Waals surface area (Å²) in [7, 11) is 0. The summed E-state index contributed by atoms with van der Waals surface area (Å²) in [5.74, 6) is -1.54. The fraction of sp³-hybridized carbons (Fsp3) is 0.150. The molecule has 0 N–H and O–H groups in total. The van der Waals surface area contributed by atoms with Gasteiger partial charge in [0.2, 0.25) is 0 Å². The number of hydrogen-bond donors (Lipinski definition) is 0. The maximum Gasteiger partial charge on any atom is 0.349 e. The second kappa shape index (κ2) is 9.17. The van der Waals surface area contributed by atoms with Crippen LogP contribution in [-0.2, 0) is 19.1 Å². The Morgan fingerprint density at radius 3 is 2.08 bits per heavy atom. The van der Waals surface area contributed by atoms with E-state index in [0.29, 0.717) is 11.5 Å². The fourth-order valence-corrected chi connectivity index (χ4v) is 1.90. The lowest BCUT2D eigenvalue weighted by Crippen LogP contribution is -2.21. The maximum atomic E-state index is 11.8. The van der Waals surface area contributed by atoms with Gasteiger partial charge in [0.1, 0.15) is 11.5 Å². The van der Waals surface area contributed by atoms with Crippen LogP contribution < -0.4 is 9.47 Å². The molecule has 0 radical (unpaired) electrons. The molecule has 0 spiro atoms. The van der Waals surface area contributed by atoms with Gasteiger partial charge in [-0.3, -0.25) is 4.79 Å². The Bertz CT molecular complexity index is 793. The standard InChI is InChI=1S/C20H18O6/c1-14-8-10-17(11-9-14)26-19(22)13-24-20(23)15(2)12-18(21)25-16-6-4-3-5-7-16/h3-11H,2,12-13H2,1H3. The minimum absolute atomic E-state index is 0.117. The average Bonchev–Trinajstić information content (AvgIpc) is 2.62. The van der Waals surface area contributed by atoms with Gasteiger partial charge >= 0.3 is 17.9 Å². The lowest BCUT2D eigenvalue weighted by molar-refractivity contribution is -0.151. The summed E-state index contributed by atoms with van der Waals surface area (Å²) < 4.78 is 14.9. The van der Waals surface area contributed by atoms with E-state index in [0.717, 1.165) is 5.56 Å². The fourth-order valence-electron chi connectivity index (χ4n) is 1.90. The van der Waals surface area contributed by atoms with Crippen LogP contribution in [0.2, 0.25) is 0 Å². The van der Waals surface area contributed by atoms with Crippen molar-refractivity contribution in [3.05, 3.63) is 72.3 Å². The number of ether oxygens (including phenoxy) is 3. The number of carbonyl (C=O) groups excluding carboxylic acids is 3. The molecule has 0 aliphatic rings. The first-order chi connectivity index (χ1) is 12.4. The third-order valence-corrected chi connectivity index (χ3v) is 3.20. The van der Waals surface area contributed by atoms with Crippen molar-refractivity contribution in [1.29, 1.82) is 0 Å². The molecule has 0 heterocycles. The van der Waals surface area contributed by atoms with Gasteiger partial charge < -0.3 is 14.2 Å². The molecule has 0 saturated carbocycles. The van der Waals surface area contributed by atoms with E-state index in [9.17, 15) is 14.4 Å². The molecule has 2 rings (SSSR count). The van der Waals surface area contributed by atoms with Crippen molar-refractivity contribution in [2.45, 2.75) is 13.3 Å². The Morgan fingerprint density at radius 1 is 0.846 bits per heavy atom. The third-order valence-electron chi connectivity index (χ3n) is 3.20.